The fourth-order valence-corrected chi connectivity index (χ4v) is 3.77. The van der Waals surface area contributed by atoms with Gasteiger partial charge in [0.2, 0.25) is 5.75 Å². The van der Waals surface area contributed by atoms with Crippen LogP contribution < -0.4 is 14.2 Å². The molecule has 0 fully saturated rings. The third-order valence-electron chi connectivity index (χ3n) is 4.01. The van der Waals surface area contributed by atoms with Crippen molar-refractivity contribution in [2.75, 3.05) is 27.1 Å². The number of aliphatic imine (C=N–C) groups is 1. The lowest BCUT2D eigenvalue weighted by molar-refractivity contribution is 0.0971. The third-order valence-corrected chi connectivity index (χ3v) is 5.09. The van der Waals surface area contributed by atoms with Crippen LogP contribution >= 0.6 is 11.8 Å². The number of carbonyl (C=O) groups excluding carboxylic acids is 1. The van der Waals surface area contributed by atoms with Crippen molar-refractivity contribution in [3.8, 4) is 17.2 Å². The van der Waals surface area contributed by atoms with Crippen LogP contribution in [0.4, 0.5) is 4.39 Å². The molecule has 1 heterocycles. The lowest BCUT2D eigenvalue weighted by atomic mass is 10.0. The molecule has 1 aliphatic rings. The fourth-order valence-electron chi connectivity index (χ4n) is 2.71. The Morgan fingerprint density at radius 1 is 1.12 bits per heavy atom. The van der Waals surface area contributed by atoms with Gasteiger partial charge in [-0.25, -0.2) is 4.39 Å². The van der Waals surface area contributed by atoms with Crippen molar-refractivity contribution in [1.29, 1.82) is 0 Å². The highest BCUT2D eigenvalue weighted by Crippen LogP contribution is 2.39. The van der Waals surface area contributed by atoms with Crippen LogP contribution in [-0.4, -0.2) is 44.0 Å². The van der Waals surface area contributed by atoms with Crippen molar-refractivity contribution < 1.29 is 23.4 Å². The number of rotatable bonds is 6. The standard InChI is InChI=1S/C19H18FNO4S/c1-23-15-8-11(9-16(24-2)18(15)25-3)17(22)14-10-26-19(21-14)12-6-4-5-7-13(12)20/h4-9,14H,10H2,1-3H3. The molecule has 0 aromatic heterocycles. The van der Waals surface area contributed by atoms with E-state index in [2.05, 4.69) is 4.99 Å². The predicted octanol–water partition coefficient (Wildman–Crippen LogP) is 3.60. The number of benzene rings is 2. The molecule has 0 amide bonds. The Labute approximate surface area is 155 Å². The van der Waals surface area contributed by atoms with Gasteiger partial charge in [0.15, 0.2) is 17.3 Å². The van der Waals surface area contributed by atoms with Crippen LogP contribution in [0.3, 0.4) is 0 Å². The van der Waals surface area contributed by atoms with Crippen LogP contribution in [-0.2, 0) is 0 Å². The summed E-state index contributed by atoms with van der Waals surface area (Å²) in [6.45, 7) is 0. The number of carbonyl (C=O) groups is 1. The van der Waals surface area contributed by atoms with Crippen molar-refractivity contribution >= 4 is 22.6 Å². The first kappa shape index (κ1) is 18.3. The Morgan fingerprint density at radius 2 is 1.77 bits per heavy atom. The molecule has 0 radical (unpaired) electrons. The summed E-state index contributed by atoms with van der Waals surface area (Å²) in [5, 5.41) is 0.536. The molecule has 0 saturated carbocycles. The number of thioether (sulfide) groups is 1. The largest absolute Gasteiger partial charge is 0.493 e. The maximum Gasteiger partial charge on any atom is 0.203 e. The summed E-state index contributed by atoms with van der Waals surface area (Å²) in [6, 6.07) is 9.03. The Morgan fingerprint density at radius 3 is 2.35 bits per heavy atom. The second-order valence-electron chi connectivity index (χ2n) is 5.52. The molecule has 3 rings (SSSR count). The smallest absolute Gasteiger partial charge is 0.203 e. The molecular formula is C19H18FNO4S. The monoisotopic (exact) mass is 375 g/mol. The van der Waals surface area contributed by atoms with Crippen LogP contribution in [0.5, 0.6) is 17.2 Å². The molecule has 1 atom stereocenters. The van der Waals surface area contributed by atoms with E-state index in [9.17, 15) is 9.18 Å². The van der Waals surface area contributed by atoms with Gasteiger partial charge in [0.25, 0.3) is 0 Å². The minimum Gasteiger partial charge on any atom is -0.493 e. The van der Waals surface area contributed by atoms with Crippen molar-refractivity contribution in [3.05, 3.63) is 53.3 Å². The molecule has 1 aliphatic heterocycles. The van der Waals surface area contributed by atoms with Crippen molar-refractivity contribution in [3.63, 3.8) is 0 Å². The molecule has 1 unspecified atom stereocenters. The van der Waals surface area contributed by atoms with E-state index in [0.717, 1.165) is 0 Å². The van der Waals surface area contributed by atoms with Gasteiger partial charge in [-0.3, -0.25) is 9.79 Å². The first-order valence-corrected chi connectivity index (χ1v) is 8.87. The molecule has 5 nitrogen and oxygen atoms in total. The fraction of sp³-hybridized carbons (Fsp3) is 0.263. The van der Waals surface area contributed by atoms with Crippen LogP contribution in [0.25, 0.3) is 0 Å². The number of ether oxygens (including phenoxy) is 3. The number of nitrogens with zero attached hydrogens (tertiary/aromatic N) is 1. The summed E-state index contributed by atoms with van der Waals surface area (Å²) in [7, 11) is 4.48. The number of halogens is 1. The second-order valence-corrected chi connectivity index (χ2v) is 6.53. The van der Waals surface area contributed by atoms with Crippen LogP contribution in [0.15, 0.2) is 41.4 Å². The lowest BCUT2D eigenvalue weighted by Gasteiger charge is -2.14. The molecule has 26 heavy (non-hydrogen) atoms. The van der Waals surface area contributed by atoms with Gasteiger partial charge in [0, 0.05) is 16.9 Å². The van der Waals surface area contributed by atoms with E-state index in [1.807, 2.05) is 0 Å². The van der Waals surface area contributed by atoms with Gasteiger partial charge in [-0.2, -0.15) is 0 Å². The van der Waals surface area contributed by atoms with Crippen molar-refractivity contribution in [1.82, 2.24) is 0 Å². The third kappa shape index (κ3) is 3.39. The maximum absolute atomic E-state index is 13.9. The number of hydrogen-bond donors (Lipinski definition) is 0. The van der Waals surface area contributed by atoms with Crippen LogP contribution in [0.1, 0.15) is 15.9 Å². The first-order chi connectivity index (χ1) is 12.6. The normalized spacial score (nSPS) is 16.2. The number of hydrogen-bond acceptors (Lipinski definition) is 6. The molecule has 136 valence electrons. The van der Waals surface area contributed by atoms with Crippen molar-refractivity contribution in [2.24, 2.45) is 4.99 Å². The van der Waals surface area contributed by atoms with E-state index in [-0.39, 0.29) is 11.6 Å². The number of Topliss-reactive ketones (excluding diaryl/α,β-unsaturated/α-hetero) is 1. The maximum atomic E-state index is 13.9. The number of ketones is 1. The Bertz CT molecular complexity index is 843. The van der Waals surface area contributed by atoms with E-state index >= 15 is 0 Å². The van der Waals surface area contributed by atoms with E-state index in [1.54, 1.807) is 30.3 Å². The van der Waals surface area contributed by atoms with Crippen LogP contribution in [0.2, 0.25) is 0 Å². The predicted molar refractivity (Wildman–Crippen MR) is 99.6 cm³/mol. The van der Waals surface area contributed by atoms with E-state index in [1.165, 1.54) is 39.2 Å². The molecule has 0 spiro atoms. The van der Waals surface area contributed by atoms with Gasteiger partial charge in [-0.15, -0.1) is 11.8 Å². The minimum absolute atomic E-state index is 0.178. The minimum atomic E-state index is -0.586. The molecule has 2 aromatic rings. The van der Waals surface area contributed by atoms with Gasteiger partial charge in [0.1, 0.15) is 16.9 Å². The molecule has 0 bridgehead atoms. The van der Waals surface area contributed by atoms with Crippen molar-refractivity contribution in [2.45, 2.75) is 6.04 Å². The summed E-state index contributed by atoms with van der Waals surface area (Å²) in [6.07, 6.45) is 0. The summed E-state index contributed by atoms with van der Waals surface area (Å²) in [5.41, 5.74) is 0.821. The van der Waals surface area contributed by atoms with Gasteiger partial charge < -0.3 is 14.2 Å². The Kier molecular flexibility index (Phi) is 5.46. The first-order valence-electron chi connectivity index (χ1n) is 7.88. The van der Waals surface area contributed by atoms with Gasteiger partial charge in [-0.05, 0) is 24.3 Å². The topological polar surface area (TPSA) is 57.1 Å². The lowest BCUT2D eigenvalue weighted by Crippen LogP contribution is -2.19. The van der Waals surface area contributed by atoms with Gasteiger partial charge >= 0.3 is 0 Å². The highest BCUT2D eigenvalue weighted by atomic mass is 32.2. The summed E-state index contributed by atoms with van der Waals surface area (Å²) in [4.78, 5) is 17.3. The van der Waals surface area contributed by atoms with E-state index in [4.69, 9.17) is 14.2 Å². The summed E-state index contributed by atoms with van der Waals surface area (Å²) < 4.78 is 29.8. The molecule has 0 aliphatic carbocycles. The molecule has 2 aromatic carbocycles. The highest BCUT2D eigenvalue weighted by Gasteiger charge is 2.29. The highest BCUT2D eigenvalue weighted by molar-refractivity contribution is 8.14. The average molecular weight is 375 g/mol. The summed E-state index contributed by atoms with van der Waals surface area (Å²) in [5.74, 6) is 1.16. The zero-order valence-electron chi connectivity index (χ0n) is 14.6. The SMILES string of the molecule is COc1cc(C(=O)C2CSC(c3ccccc3F)=N2)cc(OC)c1OC. The Hall–Kier alpha value is -2.54. The molecule has 7 heteroatoms. The zero-order valence-corrected chi connectivity index (χ0v) is 15.4. The number of methoxy groups -OCH3 is 3. The molecule has 0 saturated heterocycles. The van der Waals surface area contributed by atoms with Crippen LogP contribution in [0, 0.1) is 5.82 Å². The average Bonchev–Trinajstić information content (AvgIpc) is 3.16. The molecular weight excluding hydrogens is 357 g/mol. The quantitative estimate of drug-likeness (QED) is 0.722. The Balaban J connectivity index is 1.92. The van der Waals surface area contributed by atoms with Gasteiger partial charge in [0.05, 0.1) is 21.3 Å². The van der Waals surface area contributed by atoms with E-state index in [0.29, 0.717) is 39.2 Å². The van der Waals surface area contributed by atoms with E-state index < -0.39 is 6.04 Å². The zero-order chi connectivity index (χ0) is 18.7. The second kappa shape index (κ2) is 7.78. The molecule has 0 N–H and O–H groups in total. The van der Waals surface area contributed by atoms with Gasteiger partial charge in [-0.1, -0.05) is 12.1 Å². The summed E-state index contributed by atoms with van der Waals surface area (Å²) >= 11 is 1.37.